The monoisotopic (exact) mass is 172 g/mol. The molecule has 3 nitrogen and oxygen atoms in total. The van der Waals surface area contributed by atoms with Crippen LogP contribution in [0.4, 0.5) is 0 Å². The molecule has 0 saturated heterocycles. The lowest BCUT2D eigenvalue weighted by Crippen LogP contribution is -2.25. The summed E-state index contributed by atoms with van der Waals surface area (Å²) >= 11 is 0. The summed E-state index contributed by atoms with van der Waals surface area (Å²) in [6.45, 7) is 5.39. The molecular weight excluding hydrogens is 156 g/mol. The second kappa shape index (κ2) is 5.75. The van der Waals surface area contributed by atoms with Crippen molar-refractivity contribution in [3.05, 3.63) is 0 Å². The first kappa shape index (κ1) is 11.1. The molecule has 0 rings (SSSR count). The van der Waals surface area contributed by atoms with Gasteiger partial charge in [0.2, 0.25) is 0 Å². The van der Waals surface area contributed by atoms with Gasteiger partial charge in [-0.25, -0.2) is 0 Å². The third-order valence-electron chi connectivity index (χ3n) is 1.77. The normalized spacial score (nSPS) is 14.9. The molecule has 2 atom stereocenters. The van der Waals surface area contributed by atoms with Gasteiger partial charge in [0, 0.05) is 12.3 Å². The number of hydrogen-bond donors (Lipinski definition) is 0. The molecule has 0 saturated carbocycles. The molecule has 0 heterocycles. The predicted molar refractivity (Wildman–Crippen MR) is 45.7 cm³/mol. The van der Waals surface area contributed by atoms with Crippen LogP contribution >= 0.6 is 0 Å². The van der Waals surface area contributed by atoms with E-state index in [1.165, 1.54) is 0 Å². The zero-order valence-corrected chi connectivity index (χ0v) is 7.87. The number of aldehydes is 1. The third kappa shape index (κ3) is 3.51. The van der Waals surface area contributed by atoms with Gasteiger partial charge < -0.3 is 9.53 Å². The van der Waals surface area contributed by atoms with E-state index < -0.39 is 0 Å². The van der Waals surface area contributed by atoms with E-state index in [2.05, 4.69) is 0 Å². The van der Waals surface area contributed by atoms with E-state index in [-0.39, 0.29) is 18.0 Å². The van der Waals surface area contributed by atoms with Gasteiger partial charge in [0.25, 0.3) is 0 Å². The van der Waals surface area contributed by atoms with E-state index >= 15 is 0 Å². The fraction of sp³-hybridized carbons (Fsp3) is 0.778. The van der Waals surface area contributed by atoms with Crippen molar-refractivity contribution < 1.29 is 14.3 Å². The van der Waals surface area contributed by atoms with Gasteiger partial charge in [0.15, 0.2) is 0 Å². The molecule has 2 unspecified atom stereocenters. The second-order valence-electron chi connectivity index (χ2n) is 2.79. The van der Waals surface area contributed by atoms with Crippen LogP contribution in [-0.2, 0) is 14.3 Å². The first-order valence-electron chi connectivity index (χ1n) is 4.30. The van der Waals surface area contributed by atoms with Crippen molar-refractivity contribution in [1.82, 2.24) is 0 Å². The summed E-state index contributed by atoms with van der Waals surface area (Å²) in [4.78, 5) is 21.2. The Labute approximate surface area is 73.1 Å². The minimum atomic E-state index is -0.255. The molecule has 0 aliphatic rings. The molecule has 0 radical (unpaired) electrons. The molecule has 0 aliphatic heterocycles. The van der Waals surface area contributed by atoms with Gasteiger partial charge in [-0.15, -0.1) is 0 Å². The first-order chi connectivity index (χ1) is 5.65. The van der Waals surface area contributed by atoms with Crippen molar-refractivity contribution in [2.75, 3.05) is 0 Å². The third-order valence-corrected chi connectivity index (χ3v) is 1.77. The molecule has 0 amide bonds. The first-order valence-corrected chi connectivity index (χ1v) is 4.30. The van der Waals surface area contributed by atoms with Crippen molar-refractivity contribution >= 4 is 12.3 Å². The second-order valence-corrected chi connectivity index (χ2v) is 2.79. The Morgan fingerprint density at radius 2 is 2.08 bits per heavy atom. The molecule has 0 aromatic carbocycles. The van der Waals surface area contributed by atoms with Crippen LogP contribution in [0.2, 0.25) is 0 Å². The van der Waals surface area contributed by atoms with Gasteiger partial charge in [-0.1, -0.05) is 20.8 Å². The SMILES string of the molecule is CCC(=O)OC(CC)C(C)C=O. The Morgan fingerprint density at radius 3 is 2.42 bits per heavy atom. The maximum Gasteiger partial charge on any atom is 0.305 e. The average Bonchev–Trinajstić information content (AvgIpc) is 2.12. The predicted octanol–water partition coefficient (Wildman–Crippen LogP) is 1.55. The molecule has 70 valence electrons. The molecule has 0 fully saturated rings. The van der Waals surface area contributed by atoms with Gasteiger partial charge in [-0.05, 0) is 6.42 Å². The highest BCUT2D eigenvalue weighted by Crippen LogP contribution is 2.09. The fourth-order valence-electron chi connectivity index (χ4n) is 0.902. The fourth-order valence-corrected chi connectivity index (χ4v) is 0.902. The van der Waals surface area contributed by atoms with Gasteiger partial charge in [-0.3, -0.25) is 4.79 Å². The smallest absolute Gasteiger partial charge is 0.305 e. The van der Waals surface area contributed by atoms with Gasteiger partial charge in [-0.2, -0.15) is 0 Å². The molecular formula is C9H16O3. The van der Waals surface area contributed by atoms with Crippen molar-refractivity contribution in [1.29, 1.82) is 0 Å². The van der Waals surface area contributed by atoms with Crippen LogP contribution in [-0.4, -0.2) is 18.4 Å². The highest BCUT2D eigenvalue weighted by Gasteiger charge is 2.17. The number of esters is 1. The number of rotatable bonds is 5. The maximum absolute atomic E-state index is 10.9. The zero-order chi connectivity index (χ0) is 9.56. The Balaban J connectivity index is 3.98. The van der Waals surface area contributed by atoms with Gasteiger partial charge in [0.1, 0.15) is 12.4 Å². The molecule has 0 aromatic rings. The van der Waals surface area contributed by atoms with E-state index in [0.29, 0.717) is 12.8 Å². The van der Waals surface area contributed by atoms with Gasteiger partial charge >= 0.3 is 5.97 Å². The summed E-state index contributed by atoms with van der Waals surface area (Å²) in [5.74, 6) is -0.443. The Kier molecular flexibility index (Phi) is 5.34. The van der Waals surface area contributed by atoms with Crippen molar-refractivity contribution in [3.8, 4) is 0 Å². The van der Waals surface area contributed by atoms with Crippen LogP contribution < -0.4 is 0 Å². The van der Waals surface area contributed by atoms with Crippen LogP contribution in [0.3, 0.4) is 0 Å². The minimum Gasteiger partial charge on any atom is -0.462 e. The highest BCUT2D eigenvalue weighted by molar-refractivity contribution is 5.69. The van der Waals surface area contributed by atoms with Crippen LogP contribution in [0.25, 0.3) is 0 Å². The summed E-state index contributed by atoms with van der Waals surface area (Å²) in [6, 6.07) is 0. The number of carbonyl (C=O) groups is 2. The van der Waals surface area contributed by atoms with Crippen molar-refractivity contribution in [2.24, 2.45) is 5.92 Å². The summed E-state index contributed by atoms with van der Waals surface area (Å²) < 4.78 is 5.03. The van der Waals surface area contributed by atoms with Crippen molar-refractivity contribution in [2.45, 2.75) is 39.7 Å². The molecule has 0 N–H and O–H groups in total. The van der Waals surface area contributed by atoms with Crippen LogP contribution in [0, 0.1) is 5.92 Å². The largest absolute Gasteiger partial charge is 0.462 e. The standard InChI is InChI=1S/C9H16O3/c1-4-8(7(3)6-10)12-9(11)5-2/h6-8H,4-5H2,1-3H3. The van der Waals surface area contributed by atoms with Crippen LogP contribution in [0.5, 0.6) is 0 Å². The van der Waals surface area contributed by atoms with E-state index in [1.54, 1.807) is 13.8 Å². The lowest BCUT2D eigenvalue weighted by Gasteiger charge is -2.18. The Morgan fingerprint density at radius 1 is 1.50 bits per heavy atom. The van der Waals surface area contributed by atoms with E-state index in [9.17, 15) is 9.59 Å². The molecule has 12 heavy (non-hydrogen) atoms. The zero-order valence-electron chi connectivity index (χ0n) is 7.87. The lowest BCUT2D eigenvalue weighted by atomic mass is 10.0. The van der Waals surface area contributed by atoms with E-state index in [1.807, 2.05) is 6.92 Å². The molecule has 0 aliphatic carbocycles. The lowest BCUT2D eigenvalue weighted by molar-refractivity contribution is -0.151. The van der Waals surface area contributed by atoms with E-state index in [4.69, 9.17) is 4.74 Å². The molecule has 0 spiro atoms. The summed E-state index contributed by atoms with van der Waals surface area (Å²) in [6.07, 6.45) is 1.61. The quantitative estimate of drug-likeness (QED) is 0.467. The number of ether oxygens (including phenoxy) is 1. The molecule has 0 bridgehead atoms. The maximum atomic E-state index is 10.9. The summed E-state index contributed by atoms with van der Waals surface area (Å²) in [7, 11) is 0. The highest BCUT2D eigenvalue weighted by atomic mass is 16.5. The van der Waals surface area contributed by atoms with Crippen molar-refractivity contribution in [3.63, 3.8) is 0 Å². The Hall–Kier alpha value is -0.860. The summed E-state index contributed by atoms with van der Waals surface area (Å²) in [5.41, 5.74) is 0. The van der Waals surface area contributed by atoms with Gasteiger partial charge in [0.05, 0.1) is 0 Å². The Bertz CT molecular complexity index is 154. The van der Waals surface area contributed by atoms with Crippen LogP contribution in [0.1, 0.15) is 33.6 Å². The molecule has 3 heteroatoms. The van der Waals surface area contributed by atoms with E-state index in [0.717, 1.165) is 6.29 Å². The average molecular weight is 172 g/mol. The number of hydrogen-bond acceptors (Lipinski definition) is 3. The molecule has 0 aromatic heterocycles. The topological polar surface area (TPSA) is 43.4 Å². The van der Waals surface area contributed by atoms with Crippen LogP contribution in [0.15, 0.2) is 0 Å². The summed E-state index contributed by atoms with van der Waals surface area (Å²) in [5, 5.41) is 0. The minimum absolute atomic E-state index is 0.203. The number of carbonyl (C=O) groups excluding carboxylic acids is 2.